The van der Waals surface area contributed by atoms with E-state index in [9.17, 15) is 15.3 Å². The van der Waals surface area contributed by atoms with Gasteiger partial charge in [-0.2, -0.15) is 0 Å². The summed E-state index contributed by atoms with van der Waals surface area (Å²) in [6.07, 6.45) is 37.9. The van der Waals surface area contributed by atoms with Crippen molar-refractivity contribution < 1.29 is 15.3 Å². The van der Waals surface area contributed by atoms with E-state index < -0.39 is 16.8 Å². The molecular formula is C64H99Cl2N3O3. The fourth-order valence-corrected chi connectivity index (χ4v) is 14.4. The molecule has 0 aromatic heterocycles. The summed E-state index contributed by atoms with van der Waals surface area (Å²) in [7, 11) is 0. The second kappa shape index (κ2) is 30.7. The molecule has 0 amide bonds. The number of likely N-dealkylation sites (tertiary alicyclic amines) is 3. The van der Waals surface area contributed by atoms with Gasteiger partial charge in [-0.1, -0.05) is 186 Å². The normalized spacial score (nSPS) is 29.8. The van der Waals surface area contributed by atoms with Crippen LogP contribution >= 0.6 is 23.2 Å². The van der Waals surface area contributed by atoms with Gasteiger partial charge in [-0.3, -0.25) is 0 Å². The van der Waals surface area contributed by atoms with Gasteiger partial charge in [-0.15, -0.1) is 0 Å². The van der Waals surface area contributed by atoms with Gasteiger partial charge in [0.25, 0.3) is 0 Å². The third-order valence-corrected chi connectivity index (χ3v) is 19.2. The van der Waals surface area contributed by atoms with Gasteiger partial charge in [-0.05, 0) is 159 Å². The van der Waals surface area contributed by atoms with Gasteiger partial charge in [0.2, 0.25) is 0 Å². The fourth-order valence-electron chi connectivity index (χ4n) is 14.0. The molecule has 6 fully saturated rings. The molecule has 3 saturated heterocycles. The first kappa shape index (κ1) is 57.7. The van der Waals surface area contributed by atoms with Gasteiger partial charge in [0, 0.05) is 49.4 Å². The average Bonchev–Trinajstić information content (AvgIpc) is 3.66. The Hall–Kier alpha value is -2.00. The predicted octanol–water partition coefficient (Wildman–Crippen LogP) is 15.3. The average molecular weight is 1030 g/mol. The number of halogens is 2. The Bertz CT molecular complexity index is 1920. The zero-order valence-corrected chi connectivity index (χ0v) is 46.5. The van der Waals surface area contributed by atoms with E-state index in [1.807, 2.05) is 12.1 Å². The van der Waals surface area contributed by atoms with Crippen LogP contribution in [0, 0.1) is 17.8 Å². The number of hydrogen-bond acceptors (Lipinski definition) is 6. The van der Waals surface area contributed by atoms with E-state index in [4.69, 9.17) is 23.2 Å². The molecule has 0 spiro atoms. The molecule has 3 aliphatic carbocycles. The Morgan fingerprint density at radius 3 is 1.43 bits per heavy atom. The lowest BCUT2D eigenvalue weighted by atomic mass is 9.75. The lowest BCUT2D eigenvalue weighted by Gasteiger charge is -2.41. The fraction of sp³-hybridized carbons (Fsp3) is 0.719. The number of benzene rings is 3. The Kier molecular flexibility index (Phi) is 24.6. The standard InChI is InChI=1S/C25H41NO.C21H33NO.C18H25Cl2NO/c27-25(21-23-15-9-7-10-16-23)18-12-6-4-2-1-3-5-11-17-24(25)22-26-19-13-8-14-20-26;23-21(14-8-12-19-10-4-3-5-11-19)15-9-13-20(21)18-22-16-6-1-2-7-17-22;19-16-9-5-8-15(17(16)20)18(22)10-6-7-14(18)13-21-11-3-1-2-4-12-21/h7,9-10,15-16,24,27H,1-6,8,11-14,17-22H2;3-5,10-11,20,23H,1-2,6-9,12-18H2;5,8-9,14,22H,1-4,6-7,10-13H2. The van der Waals surface area contributed by atoms with E-state index in [0.717, 1.165) is 96.1 Å². The van der Waals surface area contributed by atoms with Gasteiger partial charge in [0.05, 0.1) is 26.8 Å². The molecular weight excluding hydrogens is 930 g/mol. The van der Waals surface area contributed by atoms with Crippen molar-refractivity contribution in [2.45, 2.75) is 216 Å². The van der Waals surface area contributed by atoms with Gasteiger partial charge in [0.15, 0.2) is 0 Å². The highest BCUT2D eigenvalue weighted by Crippen LogP contribution is 2.48. The van der Waals surface area contributed by atoms with Crippen LogP contribution in [0.25, 0.3) is 0 Å². The molecule has 3 aromatic carbocycles. The second-order valence-corrected chi connectivity index (χ2v) is 24.6. The molecule has 6 atom stereocenters. The first-order valence-corrected chi connectivity index (χ1v) is 30.8. The van der Waals surface area contributed by atoms with Crippen LogP contribution in [-0.2, 0) is 18.4 Å². The van der Waals surface area contributed by atoms with Crippen LogP contribution in [0.4, 0.5) is 0 Å². The molecule has 6 aliphatic rings. The Morgan fingerprint density at radius 1 is 0.417 bits per heavy atom. The van der Waals surface area contributed by atoms with E-state index in [1.54, 1.807) is 6.07 Å². The molecule has 9 rings (SSSR count). The summed E-state index contributed by atoms with van der Waals surface area (Å²) < 4.78 is 0. The SMILES string of the molecule is OC1(CCCc2ccccc2)CCCC1CN1CCCCCC1.OC1(Cc2ccccc2)CCCCCCCCCCC1CN1CCCCC1.OC1(c2cccc(Cl)c2Cl)CCCC1CN1CCCCCC1. The summed E-state index contributed by atoms with van der Waals surface area (Å²) in [6, 6.07) is 27.0. The van der Waals surface area contributed by atoms with Crippen molar-refractivity contribution >= 4 is 23.2 Å². The third kappa shape index (κ3) is 18.1. The number of rotatable bonds is 13. The molecule has 6 nitrogen and oxygen atoms in total. The van der Waals surface area contributed by atoms with Crippen molar-refractivity contribution in [3.05, 3.63) is 106 Å². The molecule has 3 aromatic rings. The molecule has 0 radical (unpaired) electrons. The Labute approximate surface area is 449 Å². The van der Waals surface area contributed by atoms with Gasteiger partial charge >= 0.3 is 0 Å². The molecule has 3 heterocycles. The zero-order chi connectivity index (χ0) is 50.3. The first-order valence-electron chi connectivity index (χ1n) is 30.0. The highest BCUT2D eigenvalue weighted by Gasteiger charge is 2.45. The molecule has 3 saturated carbocycles. The van der Waals surface area contributed by atoms with Gasteiger partial charge < -0.3 is 30.0 Å². The van der Waals surface area contributed by atoms with Crippen LogP contribution in [0.2, 0.25) is 10.0 Å². The van der Waals surface area contributed by atoms with E-state index in [1.165, 1.54) is 179 Å². The largest absolute Gasteiger partial charge is 0.390 e. The van der Waals surface area contributed by atoms with Crippen molar-refractivity contribution in [1.29, 1.82) is 0 Å². The van der Waals surface area contributed by atoms with Crippen molar-refractivity contribution in [3.63, 3.8) is 0 Å². The quantitative estimate of drug-likeness (QED) is 0.158. The predicted molar refractivity (Wildman–Crippen MR) is 304 cm³/mol. The van der Waals surface area contributed by atoms with Crippen LogP contribution in [0.5, 0.6) is 0 Å². The van der Waals surface area contributed by atoms with Crippen LogP contribution in [-0.4, -0.2) is 100 Å². The van der Waals surface area contributed by atoms with Crippen molar-refractivity contribution in [1.82, 2.24) is 14.7 Å². The van der Waals surface area contributed by atoms with Crippen LogP contribution in [0.1, 0.15) is 203 Å². The maximum absolute atomic E-state index is 12.0. The third-order valence-electron chi connectivity index (χ3n) is 18.4. The van der Waals surface area contributed by atoms with E-state index in [-0.39, 0.29) is 5.92 Å². The molecule has 0 bridgehead atoms. The summed E-state index contributed by atoms with van der Waals surface area (Å²) in [5.41, 5.74) is 1.75. The van der Waals surface area contributed by atoms with Crippen molar-refractivity contribution in [2.75, 3.05) is 58.9 Å². The minimum atomic E-state index is -0.825. The second-order valence-electron chi connectivity index (χ2n) is 23.8. The smallest absolute Gasteiger partial charge is 0.0951 e. The van der Waals surface area contributed by atoms with Crippen molar-refractivity contribution in [2.24, 2.45) is 17.8 Å². The van der Waals surface area contributed by atoms with Crippen LogP contribution in [0.3, 0.4) is 0 Å². The lowest BCUT2D eigenvalue weighted by Crippen LogP contribution is -2.47. The number of nitrogens with zero attached hydrogens (tertiary/aromatic N) is 3. The molecule has 72 heavy (non-hydrogen) atoms. The summed E-state index contributed by atoms with van der Waals surface area (Å²) in [6.45, 7) is 10.5. The van der Waals surface area contributed by atoms with Crippen LogP contribution in [0.15, 0.2) is 78.9 Å². The number of piperidine rings is 1. The molecule has 3 aliphatic heterocycles. The number of hydrogen-bond donors (Lipinski definition) is 3. The highest BCUT2D eigenvalue weighted by molar-refractivity contribution is 6.42. The summed E-state index contributed by atoms with van der Waals surface area (Å²) in [5, 5.41) is 35.6. The molecule has 6 unspecified atom stereocenters. The molecule has 402 valence electrons. The van der Waals surface area contributed by atoms with E-state index >= 15 is 0 Å². The maximum atomic E-state index is 12.0. The Morgan fingerprint density at radius 2 is 0.847 bits per heavy atom. The topological polar surface area (TPSA) is 70.4 Å². The lowest BCUT2D eigenvalue weighted by molar-refractivity contribution is -0.0462. The first-order chi connectivity index (χ1) is 35.1. The summed E-state index contributed by atoms with van der Waals surface area (Å²) >= 11 is 12.6. The van der Waals surface area contributed by atoms with Gasteiger partial charge in [0.1, 0.15) is 0 Å². The monoisotopic (exact) mass is 1030 g/mol. The minimum absolute atomic E-state index is 0.251. The van der Waals surface area contributed by atoms with Crippen LogP contribution < -0.4 is 0 Å². The van der Waals surface area contributed by atoms with Gasteiger partial charge in [-0.25, -0.2) is 0 Å². The molecule has 8 heteroatoms. The van der Waals surface area contributed by atoms with Crippen molar-refractivity contribution in [3.8, 4) is 0 Å². The summed E-state index contributed by atoms with van der Waals surface area (Å²) in [4.78, 5) is 7.81. The highest BCUT2D eigenvalue weighted by atomic mass is 35.5. The van der Waals surface area contributed by atoms with E-state index in [2.05, 4.69) is 75.4 Å². The molecule has 3 N–H and O–H groups in total. The Balaban J connectivity index is 0.000000159. The maximum Gasteiger partial charge on any atom is 0.0951 e. The number of aryl methyl sites for hydroxylation is 1. The zero-order valence-electron chi connectivity index (χ0n) is 45.0. The summed E-state index contributed by atoms with van der Waals surface area (Å²) in [5.74, 6) is 1.16. The minimum Gasteiger partial charge on any atom is -0.390 e. The van der Waals surface area contributed by atoms with E-state index in [0.29, 0.717) is 21.9 Å². The number of aliphatic hydroxyl groups is 3.